The van der Waals surface area contributed by atoms with Gasteiger partial charge in [-0.05, 0) is 0 Å². The van der Waals surface area contributed by atoms with Gasteiger partial charge in [-0.1, -0.05) is 0 Å². The van der Waals surface area contributed by atoms with Gasteiger partial charge in [0.15, 0.2) is 0 Å². The van der Waals surface area contributed by atoms with Gasteiger partial charge in [-0.25, -0.2) is 0 Å². The number of hydrogen-bond donors (Lipinski definition) is 0. The molecule has 0 amide bonds. The Morgan fingerprint density at radius 2 is 1.20 bits per heavy atom. The van der Waals surface area contributed by atoms with Gasteiger partial charge in [0.25, 0.3) is 0 Å². The first-order valence-electron chi connectivity index (χ1n) is 0.204. The molecule has 0 atom stereocenters. The first kappa shape index (κ1) is 26.8. The summed E-state index contributed by atoms with van der Waals surface area (Å²) in [6, 6.07) is 0. The molecule has 5 heavy (non-hydrogen) atoms. The molecule has 0 aromatic carbocycles. The summed E-state index contributed by atoms with van der Waals surface area (Å²) in [5.74, 6) is 0. The van der Waals surface area contributed by atoms with Crippen LogP contribution in [0.15, 0.2) is 0 Å². The van der Waals surface area contributed by atoms with E-state index in [0.29, 0.717) is 0 Å². The van der Waals surface area contributed by atoms with Crippen molar-refractivity contribution in [3.8, 4) is 0 Å². The van der Waals surface area contributed by atoms with E-state index < -0.39 is 0 Å². The molecule has 0 bridgehead atoms. The van der Waals surface area contributed by atoms with Crippen LogP contribution < -0.4 is 0 Å². The normalized spacial score (nSPS) is 0.600. The van der Waals surface area contributed by atoms with Gasteiger partial charge in [0.05, 0.1) is 0 Å². The van der Waals surface area contributed by atoms with E-state index in [0.717, 1.165) is 0 Å². The van der Waals surface area contributed by atoms with Crippen molar-refractivity contribution in [2.24, 2.45) is 0 Å². The first-order chi connectivity index (χ1) is 1.00. The van der Waals surface area contributed by atoms with Crippen molar-refractivity contribution in [2.45, 2.75) is 0 Å². The molecule has 1 radical (unpaired) electrons. The van der Waals surface area contributed by atoms with E-state index >= 15 is 0 Å². The SMILES string of the molecule is [Cu].[GeH4].[O]=[Hf].[SeH2]. The Morgan fingerprint density at radius 1 is 1.20 bits per heavy atom. The van der Waals surface area contributed by atoms with Crippen LogP contribution in [-0.4, -0.2) is 34.7 Å². The molecule has 0 saturated carbocycles. The molecule has 0 unspecified atom stereocenters. The molecule has 0 aliphatic heterocycles. The topological polar surface area (TPSA) is 17.1 Å². The summed E-state index contributed by atoms with van der Waals surface area (Å²) in [4.78, 5) is 0. The van der Waals surface area contributed by atoms with Gasteiger partial charge in [0.1, 0.15) is 0 Å². The van der Waals surface area contributed by atoms with E-state index in [9.17, 15) is 0 Å². The van der Waals surface area contributed by atoms with Crippen molar-refractivity contribution in [1.29, 1.82) is 0 Å². The van der Waals surface area contributed by atoms with Crippen molar-refractivity contribution in [3.63, 3.8) is 0 Å². The second-order valence-electron chi connectivity index (χ2n) is 0. The van der Waals surface area contributed by atoms with Crippen molar-refractivity contribution < 1.29 is 44.3 Å². The van der Waals surface area contributed by atoms with Gasteiger partial charge in [-0.2, -0.15) is 0 Å². The third-order valence-electron chi connectivity index (χ3n) is 0. The molecule has 37 valence electrons. The van der Waals surface area contributed by atoms with E-state index in [4.69, 9.17) is 2.85 Å². The summed E-state index contributed by atoms with van der Waals surface area (Å²) >= 11 is 0.0556. The second-order valence-corrected chi connectivity index (χ2v) is 0. The Hall–Kier alpha value is 2.25. The van der Waals surface area contributed by atoms with Crippen LogP contribution in [0.2, 0.25) is 0 Å². The molecular formula is H6CuGeHfOSe. The fourth-order valence-corrected chi connectivity index (χ4v) is 0. The monoisotopic (exact) mass is 419 g/mol. The summed E-state index contributed by atoms with van der Waals surface area (Å²) in [5, 5.41) is 0. The van der Waals surface area contributed by atoms with Crippen LogP contribution in [0.25, 0.3) is 0 Å². The quantitative estimate of drug-likeness (QED) is 0.400. The molecule has 0 aliphatic carbocycles. The summed E-state index contributed by atoms with van der Waals surface area (Å²) in [6.07, 6.45) is 0. The molecule has 0 aromatic heterocycles. The average Bonchev–Trinajstić information content (AvgIpc) is 1.00. The van der Waals surface area contributed by atoms with Crippen LogP contribution in [0.4, 0.5) is 0 Å². The molecule has 1 nitrogen and oxygen atoms in total. The molecule has 0 saturated heterocycles. The van der Waals surface area contributed by atoms with Crippen LogP contribution in [0.5, 0.6) is 0 Å². The predicted octanol–water partition coefficient (Wildman–Crippen LogP) is -2.49. The molecular weight excluding hydrogens is 410 g/mol. The minimum atomic E-state index is 0. The van der Waals surface area contributed by atoms with Crippen molar-refractivity contribution in [1.82, 2.24) is 0 Å². The Bertz CT molecular complexity index is 11.6. The first-order valence-corrected chi connectivity index (χ1v) is 1.67. The van der Waals surface area contributed by atoms with Gasteiger partial charge in [-0.15, -0.1) is 0 Å². The minimum absolute atomic E-state index is 0. The van der Waals surface area contributed by atoms with Crippen LogP contribution in [0, 0.1) is 0 Å². The van der Waals surface area contributed by atoms with Gasteiger partial charge in [-0.3, -0.25) is 0 Å². The zero-order valence-electron chi connectivity index (χ0n) is 1.71. The standard InChI is InChI=1S/Cu.GeH4.Hf.O.H2Se/h;1H4;;;1H2. The Morgan fingerprint density at radius 3 is 1.20 bits per heavy atom. The van der Waals surface area contributed by atoms with E-state index in [1.807, 2.05) is 0 Å². The molecule has 0 heterocycles. The van der Waals surface area contributed by atoms with Crippen molar-refractivity contribution >= 4 is 34.7 Å². The van der Waals surface area contributed by atoms with Crippen LogP contribution >= 0.6 is 0 Å². The summed E-state index contributed by atoms with van der Waals surface area (Å²) in [5.41, 5.74) is 0. The fourth-order valence-electron chi connectivity index (χ4n) is 0. The van der Waals surface area contributed by atoms with Crippen molar-refractivity contribution in [2.75, 3.05) is 0 Å². The molecule has 0 aromatic rings. The molecule has 5 heteroatoms. The Kier molecular flexibility index (Phi) is 182. The third-order valence-corrected chi connectivity index (χ3v) is 0. The number of rotatable bonds is 0. The van der Waals surface area contributed by atoms with Gasteiger partial charge < -0.3 is 0 Å². The number of hydrogen-bond acceptors (Lipinski definition) is 1. The Labute approximate surface area is 78.0 Å². The second kappa shape index (κ2) is 34.0. The molecule has 0 spiro atoms. The molecule has 0 fully saturated rings. The maximum absolute atomic E-state index is 8.39. The van der Waals surface area contributed by atoms with E-state index in [-0.39, 0.29) is 76.1 Å². The predicted molar refractivity (Wildman–Crippen MR) is 20.6 cm³/mol. The van der Waals surface area contributed by atoms with E-state index in [1.165, 1.54) is 0 Å². The zero-order chi connectivity index (χ0) is 2.00. The third kappa shape index (κ3) is 22.3. The molecule has 0 aliphatic rings. The van der Waals surface area contributed by atoms with Crippen LogP contribution in [-0.2, 0) is 44.3 Å². The van der Waals surface area contributed by atoms with E-state index in [2.05, 4.69) is 0 Å². The van der Waals surface area contributed by atoms with Crippen molar-refractivity contribution in [3.05, 3.63) is 0 Å². The van der Waals surface area contributed by atoms with Gasteiger partial charge in [0.2, 0.25) is 0 Å². The molecule has 0 rings (SSSR count). The summed E-state index contributed by atoms with van der Waals surface area (Å²) in [6.45, 7) is 0. The maximum atomic E-state index is 8.39. The van der Waals surface area contributed by atoms with E-state index in [1.54, 1.807) is 0 Å². The zero-order valence-corrected chi connectivity index (χ0v) is 8.34. The van der Waals surface area contributed by atoms with Crippen LogP contribution in [0.3, 0.4) is 0 Å². The van der Waals surface area contributed by atoms with Gasteiger partial charge in [0, 0.05) is 17.1 Å². The summed E-state index contributed by atoms with van der Waals surface area (Å²) < 4.78 is 8.39. The van der Waals surface area contributed by atoms with Crippen LogP contribution in [0.1, 0.15) is 0 Å². The summed E-state index contributed by atoms with van der Waals surface area (Å²) in [7, 11) is 0. The fraction of sp³-hybridized carbons (Fsp3) is 0. The molecule has 0 N–H and O–H groups in total. The average molecular weight is 416 g/mol. The van der Waals surface area contributed by atoms with Gasteiger partial charge >= 0.3 is 61.9 Å². The Balaban J connectivity index is -0.00000000167.